The number of nitrogens with one attached hydrogen (secondary N) is 1. The van der Waals surface area contributed by atoms with Crippen molar-refractivity contribution in [2.75, 3.05) is 32.7 Å². The molecule has 3 amide bonds. The lowest BCUT2D eigenvalue weighted by molar-refractivity contribution is 0.0227. The highest BCUT2D eigenvalue weighted by Crippen LogP contribution is 2.33. The van der Waals surface area contributed by atoms with E-state index >= 15 is 4.39 Å². The van der Waals surface area contributed by atoms with E-state index in [-0.39, 0.29) is 12.1 Å². The number of rotatable bonds is 8. The van der Waals surface area contributed by atoms with Crippen LogP contribution in [0.15, 0.2) is 48.5 Å². The van der Waals surface area contributed by atoms with Crippen molar-refractivity contribution in [2.45, 2.75) is 71.1 Å². The number of alkyl halides is 1. The predicted octanol–water partition coefficient (Wildman–Crippen LogP) is 5.27. The normalized spacial score (nSPS) is 18.2. The lowest BCUT2D eigenvalue weighted by atomic mass is 9.90. The van der Waals surface area contributed by atoms with E-state index < -0.39 is 11.6 Å². The average Bonchev–Trinajstić information content (AvgIpc) is 3.20. The maximum atomic E-state index is 15.7. The van der Waals surface area contributed by atoms with Crippen molar-refractivity contribution in [1.82, 2.24) is 19.7 Å². The molecule has 7 nitrogen and oxygen atoms in total. The number of hydrogen-bond donors (Lipinski definition) is 2. The SMILES string of the molecule is Cc1c(Cc2ccc(C(N)=O)cc2)c2ccccc2n1CC1CCN(CC2(F)CCN(C(=O)NC(C)C)CC2)CC1. The number of aromatic nitrogens is 1. The number of primary amides is 1. The number of fused-ring (bicyclic) bond motifs is 1. The summed E-state index contributed by atoms with van der Waals surface area (Å²) in [5, 5.41) is 4.19. The Labute approximate surface area is 242 Å². The number of nitrogens with two attached hydrogens (primary N) is 1. The van der Waals surface area contributed by atoms with Gasteiger partial charge in [-0.1, -0.05) is 30.3 Å². The van der Waals surface area contributed by atoms with E-state index in [1.165, 1.54) is 22.2 Å². The van der Waals surface area contributed by atoms with Crippen LogP contribution in [-0.2, 0) is 13.0 Å². The summed E-state index contributed by atoms with van der Waals surface area (Å²) in [6.07, 6.45) is 3.71. The van der Waals surface area contributed by atoms with E-state index in [0.29, 0.717) is 44.0 Å². The molecule has 3 aromatic rings. The first kappa shape index (κ1) is 29.1. The minimum atomic E-state index is -1.22. The summed E-state index contributed by atoms with van der Waals surface area (Å²) in [6.45, 7) is 10.3. The van der Waals surface area contributed by atoms with Gasteiger partial charge in [0.25, 0.3) is 0 Å². The Balaban J connectivity index is 1.19. The largest absolute Gasteiger partial charge is 0.366 e. The van der Waals surface area contributed by atoms with Gasteiger partial charge in [-0.2, -0.15) is 0 Å². The zero-order valence-corrected chi connectivity index (χ0v) is 24.7. The van der Waals surface area contributed by atoms with Crippen LogP contribution in [0, 0.1) is 12.8 Å². The second kappa shape index (κ2) is 12.2. The Kier molecular flexibility index (Phi) is 8.68. The van der Waals surface area contributed by atoms with Gasteiger partial charge >= 0.3 is 6.03 Å². The summed E-state index contributed by atoms with van der Waals surface area (Å²) in [4.78, 5) is 27.8. The van der Waals surface area contributed by atoms with Crippen molar-refractivity contribution in [2.24, 2.45) is 11.7 Å². The molecule has 0 unspecified atom stereocenters. The number of urea groups is 1. The molecule has 0 saturated carbocycles. The van der Waals surface area contributed by atoms with Crippen LogP contribution in [0.5, 0.6) is 0 Å². The Morgan fingerprint density at radius 2 is 1.68 bits per heavy atom. The molecule has 0 atom stereocenters. The minimum Gasteiger partial charge on any atom is -0.366 e. The lowest BCUT2D eigenvalue weighted by Crippen LogP contribution is -2.53. The molecule has 1 aromatic heterocycles. The van der Waals surface area contributed by atoms with Crippen LogP contribution < -0.4 is 11.1 Å². The molecular formula is C33H44FN5O2. The van der Waals surface area contributed by atoms with E-state index in [2.05, 4.69) is 46.0 Å². The molecule has 0 spiro atoms. The molecule has 2 saturated heterocycles. The summed E-state index contributed by atoms with van der Waals surface area (Å²) in [5.74, 6) is 0.134. The van der Waals surface area contributed by atoms with Gasteiger partial charge in [0.2, 0.25) is 5.91 Å². The van der Waals surface area contributed by atoms with Crippen molar-refractivity contribution >= 4 is 22.8 Å². The molecule has 8 heteroatoms. The summed E-state index contributed by atoms with van der Waals surface area (Å²) in [7, 11) is 0. The molecule has 5 rings (SSSR count). The van der Waals surface area contributed by atoms with Gasteiger partial charge in [0.05, 0.1) is 0 Å². The number of amides is 3. The Bertz CT molecular complexity index is 1370. The molecule has 2 aromatic carbocycles. The molecule has 220 valence electrons. The highest BCUT2D eigenvalue weighted by Gasteiger charge is 2.38. The quantitative estimate of drug-likeness (QED) is 0.393. The van der Waals surface area contributed by atoms with E-state index in [1.54, 1.807) is 17.0 Å². The number of likely N-dealkylation sites (tertiary alicyclic amines) is 2. The first-order valence-corrected chi connectivity index (χ1v) is 15.0. The van der Waals surface area contributed by atoms with E-state index in [0.717, 1.165) is 44.5 Å². The fourth-order valence-electron chi connectivity index (χ4n) is 6.55. The number of piperidine rings is 2. The van der Waals surface area contributed by atoms with Crippen LogP contribution in [0.1, 0.15) is 66.7 Å². The second-order valence-electron chi connectivity index (χ2n) is 12.4. The molecular weight excluding hydrogens is 517 g/mol. The number of carbonyl (C=O) groups is 2. The lowest BCUT2D eigenvalue weighted by Gasteiger charge is -2.41. The molecule has 2 fully saturated rings. The molecule has 3 N–H and O–H groups in total. The maximum Gasteiger partial charge on any atom is 0.317 e. The van der Waals surface area contributed by atoms with Crippen LogP contribution in [0.3, 0.4) is 0 Å². The van der Waals surface area contributed by atoms with E-state index in [1.807, 2.05) is 26.0 Å². The third kappa shape index (κ3) is 6.75. The molecule has 41 heavy (non-hydrogen) atoms. The molecule has 2 aliphatic rings. The first-order chi connectivity index (χ1) is 19.6. The summed E-state index contributed by atoms with van der Waals surface area (Å²) in [6, 6.07) is 16.2. The highest BCUT2D eigenvalue weighted by atomic mass is 19.1. The van der Waals surface area contributed by atoms with Crippen molar-refractivity contribution in [3.8, 4) is 0 Å². The number of benzene rings is 2. The van der Waals surface area contributed by atoms with Gasteiger partial charge in [-0.25, -0.2) is 9.18 Å². The van der Waals surface area contributed by atoms with Crippen molar-refractivity contribution in [3.63, 3.8) is 0 Å². The number of halogens is 1. The van der Waals surface area contributed by atoms with Crippen LogP contribution in [0.2, 0.25) is 0 Å². The maximum absolute atomic E-state index is 15.7. The molecule has 2 aliphatic heterocycles. The molecule has 0 radical (unpaired) electrons. The van der Waals surface area contributed by atoms with Gasteiger partial charge in [-0.15, -0.1) is 0 Å². The Morgan fingerprint density at radius 3 is 2.32 bits per heavy atom. The van der Waals surface area contributed by atoms with E-state index in [4.69, 9.17) is 5.73 Å². The Morgan fingerprint density at radius 1 is 1.02 bits per heavy atom. The van der Waals surface area contributed by atoms with Crippen molar-refractivity contribution in [1.29, 1.82) is 0 Å². The van der Waals surface area contributed by atoms with Gasteiger partial charge in [0, 0.05) is 67.2 Å². The van der Waals surface area contributed by atoms with Crippen LogP contribution in [0.25, 0.3) is 10.9 Å². The van der Waals surface area contributed by atoms with Gasteiger partial charge < -0.3 is 25.4 Å². The number of nitrogens with zero attached hydrogens (tertiary/aromatic N) is 3. The molecule has 0 bridgehead atoms. The van der Waals surface area contributed by atoms with Crippen LogP contribution in [0.4, 0.5) is 9.18 Å². The van der Waals surface area contributed by atoms with Gasteiger partial charge in [-0.3, -0.25) is 4.79 Å². The average molecular weight is 562 g/mol. The standard InChI is InChI=1S/C33H44FN5O2/c1-23(2)36-32(41)38-18-14-33(34,15-19-38)22-37-16-12-26(13-17-37)21-39-24(3)29(28-6-4-5-7-30(28)39)20-25-8-10-27(11-9-25)31(35)40/h4-11,23,26H,12-22H2,1-3H3,(H2,35,40)(H,36,41). The first-order valence-electron chi connectivity index (χ1n) is 15.0. The van der Waals surface area contributed by atoms with Gasteiger partial charge in [-0.05, 0) is 88.4 Å². The Hall–Kier alpha value is -3.39. The zero-order chi connectivity index (χ0) is 29.1. The number of para-hydroxylation sites is 1. The van der Waals surface area contributed by atoms with Crippen molar-refractivity contribution < 1.29 is 14.0 Å². The molecule has 3 heterocycles. The summed E-state index contributed by atoms with van der Waals surface area (Å²) < 4.78 is 18.2. The number of hydrogen-bond acceptors (Lipinski definition) is 3. The van der Waals surface area contributed by atoms with Gasteiger partial charge in [0.15, 0.2) is 0 Å². The predicted molar refractivity (Wildman–Crippen MR) is 162 cm³/mol. The van der Waals surface area contributed by atoms with Gasteiger partial charge in [0.1, 0.15) is 5.67 Å². The van der Waals surface area contributed by atoms with Crippen molar-refractivity contribution in [3.05, 3.63) is 70.9 Å². The smallest absolute Gasteiger partial charge is 0.317 e. The summed E-state index contributed by atoms with van der Waals surface area (Å²) >= 11 is 0. The second-order valence-corrected chi connectivity index (χ2v) is 12.4. The van der Waals surface area contributed by atoms with Crippen LogP contribution in [-0.4, -0.2) is 70.7 Å². The monoisotopic (exact) mass is 561 g/mol. The third-order valence-electron chi connectivity index (χ3n) is 8.99. The van der Waals surface area contributed by atoms with E-state index in [9.17, 15) is 9.59 Å². The molecule has 0 aliphatic carbocycles. The third-order valence-corrected chi connectivity index (χ3v) is 8.99. The fourth-order valence-corrected chi connectivity index (χ4v) is 6.55. The highest BCUT2D eigenvalue weighted by molar-refractivity contribution is 5.92. The van der Waals surface area contributed by atoms with Crippen LogP contribution >= 0.6 is 0 Å². The minimum absolute atomic E-state index is 0.0835. The fraction of sp³-hybridized carbons (Fsp3) is 0.515. The summed E-state index contributed by atoms with van der Waals surface area (Å²) in [5.41, 5.74) is 9.73. The topological polar surface area (TPSA) is 83.6 Å². The zero-order valence-electron chi connectivity index (χ0n) is 24.7. The number of carbonyl (C=O) groups excluding carboxylic acids is 2.